The fraction of sp³-hybridized carbons (Fsp3) is 1.00. The zero-order valence-corrected chi connectivity index (χ0v) is 10.9. The second-order valence-corrected chi connectivity index (χ2v) is 6.31. The summed E-state index contributed by atoms with van der Waals surface area (Å²) in [5.74, 6) is -0.756. The summed E-state index contributed by atoms with van der Waals surface area (Å²) in [6.07, 6.45) is 3.49. The summed E-state index contributed by atoms with van der Waals surface area (Å²) in [5.41, 5.74) is -5.41. The molecule has 2 aliphatic rings. The van der Waals surface area contributed by atoms with Crippen molar-refractivity contribution in [1.82, 2.24) is 0 Å². The first-order valence-corrected chi connectivity index (χ1v) is 7.42. The lowest BCUT2D eigenvalue weighted by molar-refractivity contribution is -0.189. The normalized spacial score (nSPS) is 27.8. The van der Waals surface area contributed by atoms with Crippen LogP contribution in [0, 0.1) is 0 Å². The molecule has 9 heteroatoms. The van der Waals surface area contributed by atoms with E-state index in [-0.39, 0.29) is 6.61 Å². The number of hydrogen-bond donors (Lipinski definition) is 0. The zero-order chi connectivity index (χ0) is 14.1. The van der Waals surface area contributed by atoms with Gasteiger partial charge in [0, 0.05) is 12.8 Å². The van der Waals surface area contributed by atoms with E-state index in [9.17, 15) is 21.6 Å². The summed E-state index contributed by atoms with van der Waals surface area (Å²) in [4.78, 5) is 0. The average molecular weight is 304 g/mol. The molecule has 1 saturated carbocycles. The molecule has 1 saturated heterocycles. The van der Waals surface area contributed by atoms with Crippen LogP contribution in [0.25, 0.3) is 0 Å². The predicted molar refractivity (Wildman–Crippen MR) is 57.6 cm³/mol. The highest BCUT2D eigenvalue weighted by molar-refractivity contribution is 7.87. The van der Waals surface area contributed by atoms with Crippen molar-refractivity contribution in [2.75, 3.05) is 13.2 Å². The van der Waals surface area contributed by atoms with Gasteiger partial charge >= 0.3 is 15.6 Å². The molecule has 0 aromatic heterocycles. The third-order valence-electron chi connectivity index (χ3n) is 3.22. The Morgan fingerprint density at radius 2 is 1.84 bits per heavy atom. The molecule has 0 unspecified atom stereocenters. The van der Waals surface area contributed by atoms with Crippen molar-refractivity contribution in [2.45, 2.75) is 49.5 Å². The van der Waals surface area contributed by atoms with Gasteiger partial charge in [-0.2, -0.15) is 21.6 Å². The Morgan fingerprint density at radius 1 is 1.21 bits per heavy atom. The maximum Gasteiger partial charge on any atom is 0.523 e. The van der Waals surface area contributed by atoms with Crippen LogP contribution in [0.3, 0.4) is 0 Å². The Kier molecular flexibility index (Phi) is 4.10. The third kappa shape index (κ3) is 3.39. The number of rotatable bonds is 3. The summed E-state index contributed by atoms with van der Waals surface area (Å²) in [6.45, 7) is -0.628. The van der Waals surface area contributed by atoms with E-state index in [0.717, 1.165) is 19.3 Å². The van der Waals surface area contributed by atoms with Gasteiger partial charge in [-0.3, -0.25) is 4.18 Å². The van der Waals surface area contributed by atoms with Crippen LogP contribution in [0.4, 0.5) is 13.2 Å². The quantitative estimate of drug-likeness (QED) is 0.589. The lowest BCUT2D eigenvalue weighted by atomic mass is 9.94. The summed E-state index contributed by atoms with van der Waals surface area (Å²) in [7, 11) is -5.56. The first-order chi connectivity index (χ1) is 8.74. The van der Waals surface area contributed by atoms with Gasteiger partial charge in [-0.25, -0.2) is 0 Å². The van der Waals surface area contributed by atoms with E-state index >= 15 is 0 Å². The van der Waals surface area contributed by atoms with Gasteiger partial charge < -0.3 is 9.47 Å². The van der Waals surface area contributed by atoms with Gasteiger partial charge in [0.1, 0.15) is 6.10 Å². The molecule has 2 rings (SSSR count). The van der Waals surface area contributed by atoms with Crippen molar-refractivity contribution in [2.24, 2.45) is 0 Å². The Balaban J connectivity index is 1.86. The standard InChI is InChI=1S/C10H15F3O5S/c11-10(12,13)19(14,15)17-7-8-6-16-9(18-8)4-2-1-3-5-9/h8H,1-7H2/t8-/m0/s1. The molecule has 1 aliphatic heterocycles. The Morgan fingerprint density at radius 3 is 2.42 bits per heavy atom. The predicted octanol–water partition coefficient (Wildman–Crippen LogP) is 1.93. The molecule has 0 bridgehead atoms. The fourth-order valence-electron chi connectivity index (χ4n) is 2.28. The Hall–Kier alpha value is -0.380. The minimum absolute atomic E-state index is 0.0490. The minimum Gasteiger partial charge on any atom is -0.347 e. The largest absolute Gasteiger partial charge is 0.523 e. The zero-order valence-electron chi connectivity index (χ0n) is 10.1. The van der Waals surface area contributed by atoms with Crippen molar-refractivity contribution in [3.05, 3.63) is 0 Å². The monoisotopic (exact) mass is 304 g/mol. The van der Waals surface area contributed by atoms with E-state index in [1.807, 2.05) is 0 Å². The molecule has 0 radical (unpaired) electrons. The van der Waals surface area contributed by atoms with Gasteiger partial charge in [0.2, 0.25) is 0 Å². The topological polar surface area (TPSA) is 61.8 Å². The van der Waals surface area contributed by atoms with Crippen LogP contribution >= 0.6 is 0 Å². The average Bonchev–Trinajstić information content (AvgIpc) is 2.70. The molecule has 1 heterocycles. The van der Waals surface area contributed by atoms with Gasteiger partial charge in [-0.15, -0.1) is 0 Å². The van der Waals surface area contributed by atoms with E-state index in [0.29, 0.717) is 12.8 Å². The van der Waals surface area contributed by atoms with Crippen molar-refractivity contribution >= 4 is 10.1 Å². The molecular weight excluding hydrogens is 289 g/mol. The highest BCUT2D eigenvalue weighted by Crippen LogP contribution is 2.38. The highest BCUT2D eigenvalue weighted by atomic mass is 32.2. The molecule has 112 valence electrons. The van der Waals surface area contributed by atoms with E-state index in [2.05, 4.69) is 4.18 Å². The Bertz CT molecular complexity index is 413. The molecule has 1 atom stereocenters. The van der Waals surface area contributed by atoms with E-state index < -0.39 is 34.1 Å². The van der Waals surface area contributed by atoms with Gasteiger partial charge in [-0.1, -0.05) is 6.42 Å². The van der Waals surface area contributed by atoms with Crippen molar-refractivity contribution in [3.63, 3.8) is 0 Å². The second kappa shape index (κ2) is 5.19. The van der Waals surface area contributed by atoms with Crippen LogP contribution in [0.15, 0.2) is 0 Å². The van der Waals surface area contributed by atoms with Crippen LogP contribution in [-0.4, -0.2) is 39.0 Å². The van der Waals surface area contributed by atoms with Gasteiger partial charge in [-0.05, 0) is 12.8 Å². The van der Waals surface area contributed by atoms with Crippen LogP contribution in [0.2, 0.25) is 0 Å². The van der Waals surface area contributed by atoms with Gasteiger partial charge in [0.15, 0.2) is 5.79 Å². The molecule has 0 aromatic rings. The SMILES string of the molecule is O=S(=O)(OC[C@@H]1COC2(CCCCC2)O1)C(F)(F)F. The van der Waals surface area contributed by atoms with Crippen LogP contribution in [0.1, 0.15) is 32.1 Å². The number of alkyl halides is 3. The summed E-state index contributed by atoms with van der Waals surface area (Å²) < 4.78 is 72.6. The molecule has 5 nitrogen and oxygen atoms in total. The van der Waals surface area contributed by atoms with Crippen LogP contribution in [-0.2, 0) is 23.8 Å². The van der Waals surface area contributed by atoms with Crippen molar-refractivity contribution < 1.29 is 35.2 Å². The third-order valence-corrected chi connectivity index (χ3v) is 4.23. The van der Waals surface area contributed by atoms with Gasteiger partial charge in [0.25, 0.3) is 0 Å². The van der Waals surface area contributed by atoms with Crippen LogP contribution in [0.5, 0.6) is 0 Å². The fourth-order valence-corrected chi connectivity index (χ4v) is 2.75. The molecule has 19 heavy (non-hydrogen) atoms. The first-order valence-electron chi connectivity index (χ1n) is 6.02. The van der Waals surface area contributed by atoms with E-state index in [1.54, 1.807) is 0 Å². The number of ether oxygens (including phenoxy) is 2. The molecule has 2 fully saturated rings. The lowest BCUT2D eigenvalue weighted by Crippen LogP contribution is -2.35. The molecule has 1 spiro atoms. The smallest absolute Gasteiger partial charge is 0.347 e. The maximum absolute atomic E-state index is 12.1. The summed E-state index contributed by atoms with van der Waals surface area (Å²) in [6, 6.07) is 0. The molecular formula is C10H15F3O5S. The van der Waals surface area contributed by atoms with Gasteiger partial charge in [0.05, 0.1) is 13.2 Å². The Labute approximate surface area is 109 Å². The lowest BCUT2D eigenvalue weighted by Gasteiger charge is -2.31. The second-order valence-electron chi connectivity index (χ2n) is 4.71. The first kappa shape index (κ1) is 15.0. The summed E-state index contributed by atoms with van der Waals surface area (Å²) >= 11 is 0. The van der Waals surface area contributed by atoms with E-state index in [4.69, 9.17) is 9.47 Å². The summed E-state index contributed by atoms with van der Waals surface area (Å²) in [5, 5.41) is 0. The molecule has 1 aliphatic carbocycles. The molecule has 0 N–H and O–H groups in total. The van der Waals surface area contributed by atoms with Crippen molar-refractivity contribution in [1.29, 1.82) is 0 Å². The number of hydrogen-bond acceptors (Lipinski definition) is 5. The number of halogens is 3. The molecule has 0 aromatic carbocycles. The maximum atomic E-state index is 12.1. The minimum atomic E-state index is -5.56. The molecule has 0 amide bonds. The van der Waals surface area contributed by atoms with Crippen LogP contribution < -0.4 is 0 Å². The van der Waals surface area contributed by atoms with E-state index in [1.165, 1.54) is 0 Å². The highest BCUT2D eigenvalue weighted by Gasteiger charge is 2.49. The van der Waals surface area contributed by atoms with Crippen molar-refractivity contribution in [3.8, 4) is 0 Å².